The van der Waals surface area contributed by atoms with Gasteiger partial charge in [-0.25, -0.2) is 0 Å². The first-order valence-corrected chi connectivity index (χ1v) is 6.04. The van der Waals surface area contributed by atoms with E-state index >= 15 is 0 Å². The van der Waals surface area contributed by atoms with Crippen LogP contribution in [0.1, 0.15) is 26.7 Å². The largest absolute Gasteiger partial charge is 0.389 e. The summed E-state index contributed by atoms with van der Waals surface area (Å²) < 4.78 is 0. The Hall–Kier alpha value is -0.220. The SMILES string of the molecule is CN(CC(C)(C)O)C(=O)C1CCCS1. The first-order valence-electron chi connectivity index (χ1n) is 4.99. The van der Waals surface area contributed by atoms with E-state index < -0.39 is 5.60 Å². The fourth-order valence-electron chi connectivity index (χ4n) is 1.68. The Kier molecular flexibility index (Phi) is 3.84. The van der Waals surface area contributed by atoms with Gasteiger partial charge in [0, 0.05) is 13.6 Å². The Morgan fingerprint density at radius 1 is 1.64 bits per heavy atom. The topological polar surface area (TPSA) is 40.5 Å². The summed E-state index contributed by atoms with van der Waals surface area (Å²) in [6.45, 7) is 3.85. The van der Waals surface area contributed by atoms with Crippen molar-refractivity contribution in [3.8, 4) is 0 Å². The summed E-state index contributed by atoms with van der Waals surface area (Å²) in [5, 5.41) is 9.71. The van der Waals surface area contributed by atoms with E-state index in [-0.39, 0.29) is 11.2 Å². The number of carbonyl (C=O) groups is 1. The zero-order valence-corrected chi connectivity index (χ0v) is 9.93. The van der Waals surface area contributed by atoms with Crippen LogP contribution in [0.25, 0.3) is 0 Å². The molecule has 1 fully saturated rings. The summed E-state index contributed by atoms with van der Waals surface area (Å²) in [7, 11) is 1.76. The van der Waals surface area contributed by atoms with Gasteiger partial charge in [0.1, 0.15) is 0 Å². The highest BCUT2D eigenvalue weighted by molar-refractivity contribution is 8.00. The van der Waals surface area contributed by atoms with Gasteiger partial charge >= 0.3 is 0 Å². The zero-order chi connectivity index (χ0) is 10.8. The Balaban J connectivity index is 2.43. The van der Waals surface area contributed by atoms with Gasteiger partial charge in [0.15, 0.2) is 0 Å². The number of hydrogen-bond donors (Lipinski definition) is 1. The maximum absolute atomic E-state index is 11.8. The molecule has 82 valence electrons. The van der Waals surface area contributed by atoms with Crippen molar-refractivity contribution in [3.05, 3.63) is 0 Å². The van der Waals surface area contributed by atoms with Crippen molar-refractivity contribution >= 4 is 17.7 Å². The fourth-order valence-corrected chi connectivity index (χ4v) is 2.95. The Morgan fingerprint density at radius 3 is 2.71 bits per heavy atom. The lowest BCUT2D eigenvalue weighted by Crippen LogP contribution is -2.42. The quantitative estimate of drug-likeness (QED) is 0.770. The lowest BCUT2D eigenvalue weighted by molar-refractivity contribution is -0.131. The summed E-state index contributed by atoms with van der Waals surface area (Å²) in [4.78, 5) is 13.5. The molecule has 0 aromatic heterocycles. The molecule has 4 heteroatoms. The van der Waals surface area contributed by atoms with Gasteiger partial charge in [0.2, 0.25) is 5.91 Å². The van der Waals surface area contributed by atoms with Gasteiger partial charge in [-0.3, -0.25) is 4.79 Å². The predicted octanol–water partition coefficient (Wildman–Crippen LogP) is 1.11. The highest BCUT2D eigenvalue weighted by atomic mass is 32.2. The molecule has 0 bridgehead atoms. The zero-order valence-electron chi connectivity index (χ0n) is 9.12. The van der Waals surface area contributed by atoms with Gasteiger partial charge in [0.25, 0.3) is 0 Å². The van der Waals surface area contributed by atoms with Crippen LogP contribution in [0.5, 0.6) is 0 Å². The number of likely N-dealkylation sites (N-methyl/N-ethyl adjacent to an activating group) is 1. The van der Waals surface area contributed by atoms with Gasteiger partial charge < -0.3 is 10.0 Å². The summed E-state index contributed by atoms with van der Waals surface area (Å²) in [5.74, 6) is 1.25. The molecule has 0 aromatic carbocycles. The second kappa shape index (κ2) is 4.53. The Bertz CT molecular complexity index is 207. The molecule has 1 aliphatic heterocycles. The molecule has 0 aromatic rings. The molecular weight excluding hydrogens is 198 g/mol. The molecule has 0 spiro atoms. The second-order valence-electron chi connectivity index (χ2n) is 4.51. The summed E-state index contributed by atoms with van der Waals surface area (Å²) in [6.07, 6.45) is 2.12. The minimum atomic E-state index is -0.798. The van der Waals surface area contributed by atoms with E-state index in [1.54, 1.807) is 37.6 Å². The van der Waals surface area contributed by atoms with Gasteiger partial charge in [-0.05, 0) is 32.4 Å². The number of carbonyl (C=O) groups excluding carboxylic acids is 1. The van der Waals surface area contributed by atoms with Crippen LogP contribution in [0, 0.1) is 0 Å². The average Bonchev–Trinajstić information content (AvgIpc) is 2.51. The van der Waals surface area contributed by atoms with Crippen LogP contribution in [0.15, 0.2) is 0 Å². The molecule has 0 saturated carbocycles. The number of hydrogen-bond acceptors (Lipinski definition) is 3. The third kappa shape index (κ3) is 3.50. The van der Waals surface area contributed by atoms with Crippen molar-refractivity contribution in [2.24, 2.45) is 0 Å². The Labute approximate surface area is 89.9 Å². The molecule has 1 atom stereocenters. The van der Waals surface area contributed by atoms with Crippen LogP contribution in [-0.2, 0) is 4.79 Å². The van der Waals surface area contributed by atoms with Crippen molar-refractivity contribution in [1.29, 1.82) is 0 Å². The lowest BCUT2D eigenvalue weighted by Gasteiger charge is -2.27. The molecule has 1 rings (SSSR count). The van der Waals surface area contributed by atoms with Crippen LogP contribution < -0.4 is 0 Å². The molecule has 0 radical (unpaired) electrons. The van der Waals surface area contributed by atoms with Crippen molar-refractivity contribution in [1.82, 2.24) is 4.90 Å². The number of aliphatic hydroxyl groups is 1. The van der Waals surface area contributed by atoms with E-state index in [0.29, 0.717) is 6.54 Å². The third-order valence-electron chi connectivity index (χ3n) is 2.21. The lowest BCUT2D eigenvalue weighted by atomic mass is 10.1. The molecule has 1 amide bonds. The number of nitrogens with zero attached hydrogens (tertiary/aromatic N) is 1. The van der Waals surface area contributed by atoms with E-state index in [1.165, 1.54) is 0 Å². The first-order chi connectivity index (χ1) is 6.40. The van der Waals surface area contributed by atoms with Gasteiger partial charge in [-0.2, -0.15) is 0 Å². The van der Waals surface area contributed by atoms with Crippen molar-refractivity contribution in [2.45, 2.75) is 37.5 Å². The molecule has 1 saturated heterocycles. The monoisotopic (exact) mass is 217 g/mol. The van der Waals surface area contributed by atoms with Gasteiger partial charge in [0.05, 0.1) is 10.9 Å². The van der Waals surface area contributed by atoms with E-state index in [0.717, 1.165) is 18.6 Å². The van der Waals surface area contributed by atoms with Crippen LogP contribution in [0.2, 0.25) is 0 Å². The van der Waals surface area contributed by atoms with Crippen molar-refractivity contribution in [2.75, 3.05) is 19.3 Å². The van der Waals surface area contributed by atoms with E-state index in [2.05, 4.69) is 0 Å². The number of thioether (sulfide) groups is 1. The molecule has 1 N–H and O–H groups in total. The molecule has 1 unspecified atom stereocenters. The number of amides is 1. The molecular formula is C10H19NO2S. The van der Waals surface area contributed by atoms with Gasteiger partial charge in [-0.1, -0.05) is 0 Å². The molecule has 1 aliphatic rings. The first kappa shape index (κ1) is 11.9. The fraction of sp³-hybridized carbons (Fsp3) is 0.900. The summed E-state index contributed by atoms with van der Waals surface area (Å²) in [5.41, 5.74) is -0.798. The van der Waals surface area contributed by atoms with E-state index in [9.17, 15) is 9.90 Å². The maximum atomic E-state index is 11.8. The molecule has 3 nitrogen and oxygen atoms in total. The van der Waals surface area contributed by atoms with Crippen LogP contribution in [-0.4, -0.2) is 46.1 Å². The normalized spacial score (nSPS) is 22.4. The van der Waals surface area contributed by atoms with Crippen LogP contribution in [0.3, 0.4) is 0 Å². The summed E-state index contributed by atoms with van der Waals surface area (Å²) >= 11 is 1.73. The van der Waals surface area contributed by atoms with Gasteiger partial charge in [-0.15, -0.1) is 11.8 Å². The Morgan fingerprint density at radius 2 is 2.29 bits per heavy atom. The minimum absolute atomic E-state index is 0.127. The van der Waals surface area contributed by atoms with Crippen LogP contribution in [0.4, 0.5) is 0 Å². The molecule has 0 aliphatic carbocycles. The minimum Gasteiger partial charge on any atom is -0.389 e. The number of rotatable bonds is 3. The highest BCUT2D eigenvalue weighted by Gasteiger charge is 2.28. The molecule has 14 heavy (non-hydrogen) atoms. The van der Waals surface area contributed by atoms with Crippen molar-refractivity contribution in [3.63, 3.8) is 0 Å². The van der Waals surface area contributed by atoms with E-state index in [1.807, 2.05) is 0 Å². The summed E-state index contributed by atoms with van der Waals surface area (Å²) in [6, 6.07) is 0. The van der Waals surface area contributed by atoms with Crippen LogP contribution >= 0.6 is 11.8 Å². The highest BCUT2D eigenvalue weighted by Crippen LogP contribution is 2.27. The second-order valence-corrected chi connectivity index (χ2v) is 5.82. The maximum Gasteiger partial charge on any atom is 0.235 e. The smallest absolute Gasteiger partial charge is 0.235 e. The predicted molar refractivity (Wildman–Crippen MR) is 59.4 cm³/mol. The van der Waals surface area contributed by atoms with Crippen molar-refractivity contribution < 1.29 is 9.90 Å². The van der Waals surface area contributed by atoms with E-state index in [4.69, 9.17) is 0 Å². The standard InChI is InChI=1S/C10H19NO2S/c1-10(2,13)7-11(3)9(12)8-5-4-6-14-8/h8,13H,4-7H2,1-3H3. The average molecular weight is 217 g/mol. The third-order valence-corrected chi connectivity index (χ3v) is 3.57. The molecule has 1 heterocycles.